The minimum Gasteiger partial charge on any atom is -0.366 e. The normalized spacial score (nSPS) is 11.1. The highest BCUT2D eigenvalue weighted by Gasteiger charge is 2.12. The summed E-state index contributed by atoms with van der Waals surface area (Å²) in [5, 5.41) is 6.80. The second kappa shape index (κ2) is 3.18. The highest BCUT2D eigenvalue weighted by molar-refractivity contribution is 6.06. The van der Waals surface area contributed by atoms with Crippen LogP contribution in [0, 0.1) is 0 Å². The smallest absolute Gasteiger partial charge is 0.348 e. The zero-order valence-corrected chi connectivity index (χ0v) is 8.68. The second-order valence-electron chi connectivity index (χ2n) is 3.66. The van der Waals surface area contributed by atoms with E-state index in [0.29, 0.717) is 22.1 Å². The minimum absolute atomic E-state index is 0.341. The van der Waals surface area contributed by atoms with Gasteiger partial charge in [-0.3, -0.25) is 4.79 Å². The third-order valence-corrected chi connectivity index (χ3v) is 2.67. The third-order valence-electron chi connectivity index (χ3n) is 2.67. The Balaban J connectivity index is 2.66. The van der Waals surface area contributed by atoms with Crippen LogP contribution in [-0.4, -0.2) is 20.5 Å². The van der Waals surface area contributed by atoms with E-state index in [1.807, 2.05) is 0 Å². The molecule has 3 N–H and O–H groups in total. The number of hydrogen-bond acceptors (Lipinski definition) is 3. The van der Waals surface area contributed by atoms with Crippen LogP contribution in [0.25, 0.3) is 16.6 Å². The fourth-order valence-electron chi connectivity index (χ4n) is 1.95. The van der Waals surface area contributed by atoms with Gasteiger partial charge < -0.3 is 5.73 Å². The van der Waals surface area contributed by atoms with Gasteiger partial charge in [0.15, 0.2) is 5.65 Å². The SMILES string of the molecule is NC(=O)c1cc2n[nH]c(=O)n2c2ccccc12. The summed E-state index contributed by atoms with van der Waals surface area (Å²) in [5.74, 6) is -0.542. The Morgan fingerprint density at radius 1 is 1.35 bits per heavy atom. The number of rotatable bonds is 1. The maximum Gasteiger partial charge on any atom is 0.348 e. The van der Waals surface area contributed by atoms with Gasteiger partial charge in [0.1, 0.15) is 0 Å². The summed E-state index contributed by atoms with van der Waals surface area (Å²) in [7, 11) is 0. The molecule has 0 atom stereocenters. The van der Waals surface area contributed by atoms with Crippen LogP contribution in [0.4, 0.5) is 0 Å². The van der Waals surface area contributed by atoms with E-state index in [9.17, 15) is 9.59 Å². The monoisotopic (exact) mass is 228 g/mol. The van der Waals surface area contributed by atoms with Crippen LogP contribution in [-0.2, 0) is 0 Å². The van der Waals surface area contributed by atoms with Crippen molar-refractivity contribution in [1.82, 2.24) is 14.6 Å². The highest BCUT2D eigenvalue weighted by Crippen LogP contribution is 2.19. The first-order valence-electron chi connectivity index (χ1n) is 4.97. The molecule has 6 nitrogen and oxygen atoms in total. The summed E-state index contributed by atoms with van der Waals surface area (Å²) in [6.45, 7) is 0. The van der Waals surface area contributed by atoms with Crippen molar-refractivity contribution >= 4 is 22.5 Å². The maximum atomic E-state index is 11.6. The van der Waals surface area contributed by atoms with E-state index in [1.165, 1.54) is 10.5 Å². The Bertz CT molecular complexity index is 800. The van der Waals surface area contributed by atoms with Crippen molar-refractivity contribution in [1.29, 1.82) is 0 Å². The molecular weight excluding hydrogens is 220 g/mol. The van der Waals surface area contributed by atoms with Crippen molar-refractivity contribution in [3.63, 3.8) is 0 Å². The van der Waals surface area contributed by atoms with Gasteiger partial charge >= 0.3 is 5.69 Å². The molecule has 84 valence electrons. The van der Waals surface area contributed by atoms with E-state index in [1.54, 1.807) is 24.3 Å². The highest BCUT2D eigenvalue weighted by atomic mass is 16.2. The number of nitrogens with one attached hydrogen (secondary N) is 1. The number of nitrogens with zero attached hydrogens (tertiary/aromatic N) is 2. The molecule has 3 aromatic rings. The molecule has 2 aromatic heterocycles. The van der Waals surface area contributed by atoms with Crippen molar-refractivity contribution < 1.29 is 4.79 Å². The van der Waals surface area contributed by atoms with Crippen LogP contribution in [0.15, 0.2) is 35.1 Å². The predicted molar refractivity (Wildman–Crippen MR) is 61.8 cm³/mol. The van der Waals surface area contributed by atoms with Crippen LogP contribution >= 0.6 is 0 Å². The summed E-state index contributed by atoms with van der Waals surface area (Å²) in [5.41, 5.74) is 6.31. The first-order chi connectivity index (χ1) is 8.18. The Morgan fingerprint density at radius 3 is 2.88 bits per heavy atom. The molecule has 6 heteroatoms. The number of para-hydroxylation sites is 1. The number of amides is 1. The Kier molecular flexibility index (Phi) is 1.79. The summed E-state index contributed by atoms with van der Waals surface area (Å²) in [6, 6.07) is 8.56. The van der Waals surface area contributed by atoms with Crippen LogP contribution in [0.2, 0.25) is 0 Å². The quantitative estimate of drug-likeness (QED) is 0.626. The third kappa shape index (κ3) is 1.24. The van der Waals surface area contributed by atoms with Gasteiger partial charge in [-0.2, -0.15) is 5.10 Å². The average Bonchev–Trinajstić information content (AvgIpc) is 2.70. The molecule has 0 unspecified atom stereocenters. The summed E-state index contributed by atoms with van der Waals surface area (Å²) in [6.07, 6.45) is 0. The molecule has 0 saturated heterocycles. The number of carbonyl (C=O) groups excluding carboxylic acids is 1. The van der Waals surface area contributed by atoms with E-state index >= 15 is 0 Å². The predicted octanol–water partition coefficient (Wildman–Crippen LogP) is 0.275. The van der Waals surface area contributed by atoms with E-state index in [2.05, 4.69) is 10.2 Å². The first kappa shape index (κ1) is 9.59. The number of hydrogen-bond donors (Lipinski definition) is 2. The number of carbonyl (C=O) groups is 1. The number of benzene rings is 1. The Labute approximate surface area is 94.7 Å². The van der Waals surface area contributed by atoms with Crippen molar-refractivity contribution in [2.45, 2.75) is 0 Å². The van der Waals surface area contributed by atoms with E-state index in [-0.39, 0.29) is 5.69 Å². The number of fused-ring (bicyclic) bond motifs is 3. The second-order valence-corrected chi connectivity index (χ2v) is 3.66. The van der Waals surface area contributed by atoms with Gasteiger partial charge in [0.2, 0.25) is 5.91 Å². The Hall–Kier alpha value is -2.63. The molecule has 17 heavy (non-hydrogen) atoms. The molecule has 0 aliphatic heterocycles. The molecule has 0 bridgehead atoms. The van der Waals surface area contributed by atoms with Crippen molar-refractivity contribution in [2.24, 2.45) is 5.73 Å². The van der Waals surface area contributed by atoms with Crippen molar-refractivity contribution in [3.8, 4) is 0 Å². The summed E-state index contributed by atoms with van der Waals surface area (Å²) in [4.78, 5) is 23.0. The van der Waals surface area contributed by atoms with E-state index in [4.69, 9.17) is 5.73 Å². The fourth-order valence-corrected chi connectivity index (χ4v) is 1.95. The van der Waals surface area contributed by atoms with Crippen LogP contribution in [0.3, 0.4) is 0 Å². The molecule has 1 aromatic carbocycles. The number of aromatic amines is 1. The Morgan fingerprint density at radius 2 is 2.12 bits per heavy atom. The average molecular weight is 228 g/mol. The molecular formula is C11H8N4O2. The van der Waals surface area contributed by atoms with E-state index in [0.717, 1.165) is 0 Å². The van der Waals surface area contributed by atoms with Gasteiger partial charge in [-0.05, 0) is 12.1 Å². The lowest BCUT2D eigenvalue weighted by molar-refractivity contribution is 0.100. The lowest BCUT2D eigenvalue weighted by atomic mass is 10.1. The van der Waals surface area contributed by atoms with Crippen molar-refractivity contribution in [2.75, 3.05) is 0 Å². The van der Waals surface area contributed by atoms with Gasteiger partial charge in [-0.1, -0.05) is 18.2 Å². The van der Waals surface area contributed by atoms with Crippen LogP contribution in [0.5, 0.6) is 0 Å². The number of primary amides is 1. The zero-order chi connectivity index (χ0) is 12.0. The van der Waals surface area contributed by atoms with E-state index < -0.39 is 5.91 Å². The van der Waals surface area contributed by atoms with Gasteiger partial charge in [0.25, 0.3) is 0 Å². The number of nitrogens with two attached hydrogens (primary N) is 1. The molecule has 1 amide bonds. The van der Waals surface area contributed by atoms with Gasteiger partial charge in [-0.25, -0.2) is 14.3 Å². The number of aromatic nitrogens is 3. The van der Waals surface area contributed by atoms with Gasteiger partial charge in [0, 0.05) is 5.39 Å². The standard InChI is InChI=1S/C11H8N4O2/c12-10(16)7-5-9-13-14-11(17)15(9)8-4-2-1-3-6(7)8/h1-5H,(H2,12,16)(H,14,17). The van der Waals surface area contributed by atoms with Gasteiger partial charge in [-0.15, -0.1) is 0 Å². The molecule has 0 aliphatic carbocycles. The number of pyridine rings is 1. The van der Waals surface area contributed by atoms with Crippen LogP contribution in [0.1, 0.15) is 10.4 Å². The largest absolute Gasteiger partial charge is 0.366 e. The lowest BCUT2D eigenvalue weighted by Gasteiger charge is -2.04. The molecule has 0 fully saturated rings. The van der Waals surface area contributed by atoms with Crippen molar-refractivity contribution in [3.05, 3.63) is 46.4 Å². The molecule has 2 heterocycles. The summed E-state index contributed by atoms with van der Waals surface area (Å²) < 4.78 is 1.40. The molecule has 0 saturated carbocycles. The number of H-pyrrole nitrogens is 1. The molecule has 0 radical (unpaired) electrons. The minimum atomic E-state index is -0.542. The van der Waals surface area contributed by atoms with Crippen LogP contribution < -0.4 is 11.4 Å². The fraction of sp³-hybridized carbons (Fsp3) is 0. The molecule has 3 rings (SSSR count). The van der Waals surface area contributed by atoms with Gasteiger partial charge in [0.05, 0.1) is 11.1 Å². The maximum absolute atomic E-state index is 11.6. The first-order valence-corrected chi connectivity index (χ1v) is 4.97. The lowest BCUT2D eigenvalue weighted by Crippen LogP contribution is -2.15. The topological polar surface area (TPSA) is 93.2 Å². The zero-order valence-electron chi connectivity index (χ0n) is 8.68. The molecule has 0 spiro atoms. The molecule has 0 aliphatic rings. The summed E-state index contributed by atoms with van der Waals surface area (Å²) >= 11 is 0.